The molecule has 0 N–H and O–H groups in total. The molecule has 0 spiro atoms. The fraction of sp³-hybridized carbons (Fsp3) is 0.294. The summed E-state index contributed by atoms with van der Waals surface area (Å²) in [5.41, 5.74) is 5.60. The molecule has 0 atom stereocenters. The van der Waals surface area contributed by atoms with Crippen molar-refractivity contribution < 1.29 is 8.85 Å². The van der Waals surface area contributed by atoms with E-state index in [1.165, 1.54) is 34.3 Å². The van der Waals surface area contributed by atoms with E-state index >= 15 is 0 Å². The molecule has 0 fully saturated rings. The van der Waals surface area contributed by atoms with E-state index in [0.717, 1.165) is 38.9 Å². The quantitative estimate of drug-likeness (QED) is 0.104. The number of benzene rings is 4. The highest BCUT2D eigenvalue weighted by Gasteiger charge is 2.14. The maximum atomic E-state index is 6.12. The normalized spacial score (nSPS) is 11.9. The number of rotatable bonds is 17. The maximum absolute atomic E-state index is 6.12. The minimum atomic E-state index is -0.427. The van der Waals surface area contributed by atoms with Crippen LogP contribution in [0.5, 0.6) is 0 Å². The van der Waals surface area contributed by atoms with E-state index in [4.69, 9.17) is 8.85 Å². The summed E-state index contributed by atoms with van der Waals surface area (Å²) in [7, 11) is -0.854. The average molecular weight is 539 g/mol. The molecule has 0 unspecified atom stereocenters. The highest BCUT2D eigenvalue weighted by Crippen LogP contribution is 2.30. The van der Waals surface area contributed by atoms with Crippen molar-refractivity contribution in [1.29, 1.82) is 0 Å². The van der Waals surface area contributed by atoms with Gasteiger partial charge in [0.15, 0.2) is 19.5 Å². The molecule has 4 aromatic rings. The van der Waals surface area contributed by atoms with Gasteiger partial charge in [-0.05, 0) is 60.0 Å². The van der Waals surface area contributed by atoms with Crippen molar-refractivity contribution in [3.05, 3.63) is 144 Å². The van der Waals surface area contributed by atoms with Crippen LogP contribution in [0.4, 0.5) is 0 Å². The fourth-order valence-electron chi connectivity index (χ4n) is 5.18. The van der Waals surface area contributed by atoms with Gasteiger partial charge in [0.25, 0.3) is 0 Å². The molecule has 0 saturated heterocycles. The van der Waals surface area contributed by atoms with Crippen LogP contribution in [0.3, 0.4) is 0 Å². The zero-order valence-electron chi connectivity index (χ0n) is 22.6. The van der Waals surface area contributed by atoms with E-state index < -0.39 is 19.5 Å². The van der Waals surface area contributed by atoms with Crippen molar-refractivity contribution in [2.75, 3.05) is 13.2 Å². The minimum absolute atomic E-state index is 0.427. The van der Waals surface area contributed by atoms with Gasteiger partial charge in [-0.25, -0.2) is 0 Å². The van der Waals surface area contributed by atoms with Crippen molar-refractivity contribution in [2.45, 2.75) is 49.6 Å². The molecule has 0 aromatic heterocycles. The number of hydrogen-bond acceptors (Lipinski definition) is 2. The summed E-state index contributed by atoms with van der Waals surface area (Å²) < 4.78 is 12.2. The summed E-state index contributed by atoms with van der Waals surface area (Å²) in [5.74, 6) is 0.902. The van der Waals surface area contributed by atoms with Gasteiger partial charge in [-0.2, -0.15) is 0 Å². The smallest absolute Gasteiger partial charge is 0.161 e. The molecule has 0 aliphatic rings. The summed E-state index contributed by atoms with van der Waals surface area (Å²) in [5, 5.41) is 0. The Morgan fingerprint density at radius 2 is 0.711 bits per heavy atom. The van der Waals surface area contributed by atoms with Crippen LogP contribution in [0.2, 0.25) is 12.1 Å². The van der Waals surface area contributed by atoms with Crippen molar-refractivity contribution in [3.8, 4) is 0 Å². The first-order valence-corrected chi connectivity index (χ1v) is 17.4. The summed E-state index contributed by atoms with van der Waals surface area (Å²) in [6.07, 6.45) is 4.49. The van der Waals surface area contributed by atoms with Gasteiger partial charge in [-0.3, -0.25) is 0 Å². The predicted octanol–water partition coefficient (Wildman–Crippen LogP) is 7.25. The molecule has 4 heteroatoms. The largest absolute Gasteiger partial charge is 0.424 e. The van der Waals surface area contributed by atoms with Crippen molar-refractivity contribution in [3.63, 3.8) is 0 Å². The van der Waals surface area contributed by atoms with Gasteiger partial charge in [-0.15, -0.1) is 0 Å². The Morgan fingerprint density at radius 3 is 1.00 bits per heavy atom. The molecule has 0 saturated carbocycles. The van der Waals surface area contributed by atoms with Crippen LogP contribution in [-0.4, -0.2) is 32.7 Å². The Morgan fingerprint density at radius 1 is 0.421 bits per heavy atom. The Labute approximate surface area is 234 Å². The van der Waals surface area contributed by atoms with Gasteiger partial charge >= 0.3 is 0 Å². The summed E-state index contributed by atoms with van der Waals surface area (Å²) in [6.45, 7) is 1.79. The van der Waals surface area contributed by atoms with E-state index in [1.807, 2.05) is 0 Å². The Bertz CT molecular complexity index is 952. The number of hydrogen-bond donors (Lipinski definition) is 0. The van der Waals surface area contributed by atoms with Crippen LogP contribution < -0.4 is 0 Å². The standard InChI is InChI=1S/C34H42O2Si2/c1-5-15-29(16-6-1)33(30-17-7-2-8-18-30)23-13-25-35-37-27-28-38-36-26-14-24-34(31-19-9-3-10-20-31)32-21-11-4-12-22-32/h1-12,15-22,33-34H,13-14,23-28,37-38H2. The lowest BCUT2D eigenvalue weighted by atomic mass is 9.88. The lowest BCUT2D eigenvalue weighted by Gasteiger charge is -2.18. The predicted molar refractivity (Wildman–Crippen MR) is 167 cm³/mol. The summed E-state index contributed by atoms with van der Waals surface area (Å²) in [4.78, 5) is 0. The van der Waals surface area contributed by atoms with E-state index in [9.17, 15) is 0 Å². The molecule has 38 heavy (non-hydrogen) atoms. The summed E-state index contributed by atoms with van der Waals surface area (Å²) >= 11 is 0. The Hall–Kier alpha value is -2.77. The van der Waals surface area contributed by atoms with Crippen molar-refractivity contribution >= 4 is 19.5 Å². The van der Waals surface area contributed by atoms with E-state index in [2.05, 4.69) is 121 Å². The van der Waals surface area contributed by atoms with Crippen LogP contribution >= 0.6 is 0 Å². The maximum Gasteiger partial charge on any atom is 0.161 e. The molecule has 4 rings (SSSR count). The average Bonchev–Trinajstić information content (AvgIpc) is 2.99. The molecular formula is C34H42O2Si2. The minimum Gasteiger partial charge on any atom is -0.424 e. The topological polar surface area (TPSA) is 18.5 Å². The van der Waals surface area contributed by atoms with Gasteiger partial charge in [-0.1, -0.05) is 121 Å². The second-order valence-corrected chi connectivity index (χ2v) is 13.0. The molecule has 4 aromatic carbocycles. The monoisotopic (exact) mass is 538 g/mol. The van der Waals surface area contributed by atoms with Crippen LogP contribution in [0.15, 0.2) is 121 Å². The van der Waals surface area contributed by atoms with E-state index in [-0.39, 0.29) is 0 Å². The molecule has 0 bridgehead atoms. The lowest BCUT2D eigenvalue weighted by Crippen LogP contribution is -2.08. The highest BCUT2D eigenvalue weighted by molar-refractivity contribution is 6.34. The van der Waals surface area contributed by atoms with Gasteiger partial charge in [0.2, 0.25) is 0 Å². The third-order valence-corrected chi connectivity index (χ3v) is 10.9. The second-order valence-electron chi connectivity index (χ2n) is 9.96. The zero-order chi connectivity index (χ0) is 26.1. The molecule has 0 aliphatic carbocycles. The molecular weight excluding hydrogens is 497 g/mol. The third-order valence-electron chi connectivity index (χ3n) is 7.20. The van der Waals surface area contributed by atoms with Gasteiger partial charge < -0.3 is 8.85 Å². The van der Waals surface area contributed by atoms with Crippen LogP contribution in [0, 0.1) is 0 Å². The second kappa shape index (κ2) is 16.9. The molecule has 2 nitrogen and oxygen atoms in total. The molecule has 0 radical (unpaired) electrons. The lowest BCUT2D eigenvalue weighted by molar-refractivity contribution is 0.314. The molecule has 0 heterocycles. The Balaban J connectivity index is 1.07. The van der Waals surface area contributed by atoms with E-state index in [1.54, 1.807) is 0 Å². The first kappa shape index (κ1) is 28.2. The van der Waals surface area contributed by atoms with Gasteiger partial charge in [0, 0.05) is 25.0 Å². The SMILES string of the molecule is c1ccc(C(CCCO[SiH2]CC[SiH2]OCCCC(c2ccccc2)c2ccccc2)c2ccccc2)cc1. The third kappa shape index (κ3) is 9.52. The molecule has 0 aliphatic heterocycles. The first-order valence-electron chi connectivity index (χ1n) is 14.3. The highest BCUT2D eigenvalue weighted by atomic mass is 28.2. The van der Waals surface area contributed by atoms with Crippen molar-refractivity contribution in [1.82, 2.24) is 0 Å². The Kier molecular flexibility index (Phi) is 12.6. The molecule has 198 valence electrons. The van der Waals surface area contributed by atoms with E-state index in [0.29, 0.717) is 11.8 Å². The van der Waals surface area contributed by atoms with Crippen LogP contribution in [0.1, 0.15) is 59.8 Å². The van der Waals surface area contributed by atoms with Crippen LogP contribution in [0.25, 0.3) is 0 Å². The van der Waals surface area contributed by atoms with Gasteiger partial charge in [0.1, 0.15) is 0 Å². The first-order chi connectivity index (χ1) is 18.9. The van der Waals surface area contributed by atoms with Gasteiger partial charge in [0.05, 0.1) is 0 Å². The molecule has 0 amide bonds. The van der Waals surface area contributed by atoms with Crippen LogP contribution in [-0.2, 0) is 8.85 Å². The summed E-state index contributed by atoms with van der Waals surface area (Å²) in [6, 6.07) is 46.1. The van der Waals surface area contributed by atoms with Crippen molar-refractivity contribution in [2.24, 2.45) is 0 Å². The zero-order valence-corrected chi connectivity index (χ0v) is 25.4. The fourth-order valence-corrected chi connectivity index (χ4v) is 8.04.